The first-order valence-electron chi connectivity index (χ1n) is 9.27. The zero-order valence-corrected chi connectivity index (χ0v) is 14.1. The molecule has 0 saturated heterocycles. The molecule has 1 atom stereocenters. The van der Waals surface area contributed by atoms with E-state index in [1.165, 1.54) is 64.2 Å². The molecule has 0 aliphatic heterocycles. The molecule has 0 aromatic heterocycles. The molecule has 0 radical (unpaired) electrons. The van der Waals surface area contributed by atoms with Crippen molar-refractivity contribution in [2.45, 2.75) is 103 Å². The first-order valence-corrected chi connectivity index (χ1v) is 9.27. The van der Waals surface area contributed by atoms with E-state index in [0.29, 0.717) is 30.6 Å². The number of nitrogens with one attached hydrogen (secondary N) is 1. The number of carbonyl (C=O) groups excluding carboxylic acids is 1. The van der Waals surface area contributed by atoms with E-state index in [-0.39, 0.29) is 0 Å². The Morgan fingerprint density at radius 1 is 1.00 bits per heavy atom. The van der Waals surface area contributed by atoms with Crippen LogP contribution in [0.1, 0.15) is 84.5 Å². The SMILES string of the molecule is CCC(C)NCC(=O)N(C1CCCCC1)C1CCCCC1. The highest BCUT2D eigenvalue weighted by Gasteiger charge is 2.32. The Morgan fingerprint density at radius 2 is 1.48 bits per heavy atom. The van der Waals surface area contributed by atoms with Crippen molar-refractivity contribution >= 4 is 5.91 Å². The van der Waals surface area contributed by atoms with Gasteiger partial charge in [0.25, 0.3) is 0 Å². The number of carbonyl (C=O) groups is 1. The second-order valence-electron chi connectivity index (χ2n) is 7.07. The molecule has 0 spiro atoms. The quantitative estimate of drug-likeness (QED) is 0.806. The molecule has 21 heavy (non-hydrogen) atoms. The third-order valence-electron chi connectivity index (χ3n) is 5.44. The van der Waals surface area contributed by atoms with Crippen LogP contribution in [-0.2, 0) is 4.79 Å². The second-order valence-corrected chi connectivity index (χ2v) is 7.07. The van der Waals surface area contributed by atoms with Crippen molar-refractivity contribution in [3.05, 3.63) is 0 Å². The monoisotopic (exact) mass is 294 g/mol. The van der Waals surface area contributed by atoms with Crippen LogP contribution in [0.4, 0.5) is 0 Å². The largest absolute Gasteiger partial charge is 0.336 e. The zero-order chi connectivity index (χ0) is 15.1. The van der Waals surface area contributed by atoms with E-state index in [1.54, 1.807) is 0 Å². The van der Waals surface area contributed by atoms with Crippen LogP contribution in [0.2, 0.25) is 0 Å². The molecule has 2 fully saturated rings. The van der Waals surface area contributed by atoms with E-state index in [9.17, 15) is 4.79 Å². The van der Waals surface area contributed by atoms with Crippen molar-refractivity contribution in [3.63, 3.8) is 0 Å². The number of amides is 1. The summed E-state index contributed by atoms with van der Waals surface area (Å²) in [7, 11) is 0. The summed E-state index contributed by atoms with van der Waals surface area (Å²) in [4.78, 5) is 15.1. The van der Waals surface area contributed by atoms with Crippen LogP contribution in [0, 0.1) is 0 Å². The van der Waals surface area contributed by atoms with Crippen molar-refractivity contribution < 1.29 is 4.79 Å². The summed E-state index contributed by atoms with van der Waals surface area (Å²) < 4.78 is 0. The van der Waals surface area contributed by atoms with Gasteiger partial charge in [0.15, 0.2) is 0 Å². The van der Waals surface area contributed by atoms with Crippen molar-refractivity contribution in [2.24, 2.45) is 0 Å². The minimum atomic E-state index is 0.356. The first-order chi connectivity index (χ1) is 10.2. The fourth-order valence-electron chi connectivity index (χ4n) is 3.92. The van der Waals surface area contributed by atoms with E-state index in [1.807, 2.05) is 0 Å². The van der Waals surface area contributed by atoms with Gasteiger partial charge in [0.1, 0.15) is 0 Å². The van der Waals surface area contributed by atoms with Crippen molar-refractivity contribution in [2.75, 3.05) is 6.54 Å². The number of nitrogens with zero attached hydrogens (tertiary/aromatic N) is 1. The molecule has 0 aromatic rings. The van der Waals surface area contributed by atoms with Crippen LogP contribution >= 0.6 is 0 Å². The zero-order valence-electron chi connectivity index (χ0n) is 14.1. The molecule has 122 valence electrons. The minimum Gasteiger partial charge on any atom is -0.336 e. The summed E-state index contributed by atoms with van der Waals surface area (Å²) in [6, 6.07) is 1.48. The average Bonchev–Trinajstić information content (AvgIpc) is 2.55. The Balaban J connectivity index is 1.97. The van der Waals surface area contributed by atoms with Crippen LogP contribution in [-0.4, -0.2) is 35.5 Å². The third-order valence-corrected chi connectivity index (χ3v) is 5.44. The smallest absolute Gasteiger partial charge is 0.237 e. The normalized spacial score (nSPS) is 23.0. The van der Waals surface area contributed by atoms with Gasteiger partial charge >= 0.3 is 0 Å². The molecule has 2 aliphatic rings. The van der Waals surface area contributed by atoms with E-state index in [2.05, 4.69) is 24.1 Å². The summed E-state index contributed by atoms with van der Waals surface area (Å²) in [6.07, 6.45) is 13.9. The van der Waals surface area contributed by atoms with Gasteiger partial charge in [-0.2, -0.15) is 0 Å². The van der Waals surface area contributed by atoms with Gasteiger partial charge in [-0.05, 0) is 39.0 Å². The van der Waals surface area contributed by atoms with Gasteiger partial charge in [0, 0.05) is 18.1 Å². The van der Waals surface area contributed by atoms with Crippen LogP contribution < -0.4 is 5.32 Å². The molecule has 2 saturated carbocycles. The number of hydrogen-bond acceptors (Lipinski definition) is 2. The number of rotatable bonds is 6. The second kappa shape index (κ2) is 8.77. The van der Waals surface area contributed by atoms with Gasteiger partial charge in [-0.1, -0.05) is 45.4 Å². The lowest BCUT2D eigenvalue weighted by atomic mass is 9.88. The molecule has 1 N–H and O–H groups in total. The van der Waals surface area contributed by atoms with Crippen molar-refractivity contribution in [1.82, 2.24) is 10.2 Å². The van der Waals surface area contributed by atoms with Crippen LogP contribution in [0.5, 0.6) is 0 Å². The fraction of sp³-hybridized carbons (Fsp3) is 0.944. The van der Waals surface area contributed by atoms with Gasteiger partial charge < -0.3 is 10.2 Å². The summed E-state index contributed by atoms with van der Waals surface area (Å²) in [6.45, 7) is 4.86. The van der Waals surface area contributed by atoms with Gasteiger partial charge in [0.2, 0.25) is 5.91 Å². The van der Waals surface area contributed by atoms with E-state index >= 15 is 0 Å². The Bertz CT molecular complexity index is 288. The molecule has 1 amide bonds. The van der Waals surface area contributed by atoms with Crippen molar-refractivity contribution in [1.29, 1.82) is 0 Å². The maximum Gasteiger partial charge on any atom is 0.237 e. The maximum absolute atomic E-state index is 12.8. The predicted molar refractivity (Wildman–Crippen MR) is 88.3 cm³/mol. The predicted octanol–water partition coefficient (Wildman–Crippen LogP) is 3.87. The molecule has 0 heterocycles. The molecule has 3 nitrogen and oxygen atoms in total. The summed E-state index contributed by atoms with van der Waals surface area (Å²) >= 11 is 0. The molecule has 2 aliphatic carbocycles. The van der Waals surface area contributed by atoms with Gasteiger partial charge in [-0.15, -0.1) is 0 Å². The topological polar surface area (TPSA) is 32.3 Å². The molecule has 3 heteroatoms. The van der Waals surface area contributed by atoms with E-state index in [0.717, 1.165) is 6.42 Å². The van der Waals surface area contributed by atoms with Crippen LogP contribution in [0.15, 0.2) is 0 Å². The van der Waals surface area contributed by atoms with Crippen LogP contribution in [0.3, 0.4) is 0 Å². The highest BCUT2D eigenvalue weighted by atomic mass is 16.2. The Labute approximate surface area is 130 Å². The Kier molecular flexibility index (Phi) is 7.01. The summed E-state index contributed by atoms with van der Waals surface area (Å²) in [5.41, 5.74) is 0. The van der Waals surface area contributed by atoms with E-state index in [4.69, 9.17) is 0 Å². The Morgan fingerprint density at radius 3 is 1.90 bits per heavy atom. The standard InChI is InChI=1S/C18H34N2O/c1-3-15(2)19-14-18(21)20(16-10-6-4-7-11-16)17-12-8-5-9-13-17/h15-17,19H,3-14H2,1-2H3. The van der Waals surface area contributed by atoms with Crippen LogP contribution in [0.25, 0.3) is 0 Å². The molecule has 0 bridgehead atoms. The molecular formula is C18H34N2O. The van der Waals surface area contributed by atoms with Gasteiger partial charge in [-0.3, -0.25) is 4.79 Å². The molecule has 2 rings (SSSR count). The number of hydrogen-bond donors (Lipinski definition) is 1. The minimum absolute atomic E-state index is 0.356. The molecule has 0 aromatic carbocycles. The highest BCUT2D eigenvalue weighted by molar-refractivity contribution is 5.79. The third kappa shape index (κ3) is 4.98. The molecule has 1 unspecified atom stereocenters. The van der Waals surface area contributed by atoms with Gasteiger partial charge in [-0.25, -0.2) is 0 Å². The maximum atomic E-state index is 12.8. The summed E-state index contributed by atoms with van der Waals surface area (Å²) in [5.74, 6) is 0.356. The lowest BCUT2D eigenvalue weighted by Crippen LogP contribution is -2.52. The van der Waals surface area contributed by atoms with Crippen molar-refractivity contribution in [3.8, 4) is 0 Å². The first kappa shape index (κ1) is 16.8. The van der Waals surface area contributed by atoms with E-state index < -0.39 is 0 Å². The fourth-order valence-corrected chi connectivity index (χ4v) is 3.92. The average molecular weight is 294 g/mol. The Hall–Kier alpha value is -0.570. The summed E-state index contributed by atoms with van der Waals surface area (Å²) in [5, 5.41) is 3.40. The lowest BCUT2D eigenvalue weighted by Gasteiger charge is -2.42. The highest BCUT2D eigenvalue weighted by Crippen LogP contribution is 2.30. The van der Waals surface area contributed by atoms with Gasteiger partial charge in [0.05, 0.1) is 6.54 Å². The molecular weight excluding hydrogens is 260 g/mol. The lowest BCUT2D eigenvalue weighted by molar-refractivity contribution is -0.137.